The first-order chi connectivity index (χ1) is 12.0. The summed E-state index contributed by atoms with van der Waals surface area (Å²) in [6.45, 7) is 0.652. The lowest BCUT2D eigenvalue weighted by Gasteiger charge is -2.31. The smallest absolute Gasteiger partial charge is 0.243 e. The number of halogens is 1. The molecule has 0 spiro atoms. The molecule has 0 unspecified atom stereocenters. The summed E-state index contributed by atoms with van der Waals surface area (Å²) in [6, 6.07) is 15.7. The number of sulfonamides is 1. The maximum Gasteiger partial charge on any atom is 0.243 e. The van der Waals surface area contributed by atoms with Crippen molar-refractivity contribution in [3.8, 4) is 0 Å². The van der Waals surface area contributed by atoms with Gasteiger partial charge in [-0.1, -0.05) is 34.1 Å². The van der Waals surface area contributed by atoms with Crippen LogP contribution in [0, 0.1) is 5.92 Å². The Hall–Kier alpha value is -1.70. The van der Waals surface area contributed by atoms with Gasteiger partial charge in [0.2, 0.25) is 15.9 Å². The molecule has 0 bridgehead atoms. The van der Waals surface area contributed by atoms with E-state index in [2.05, 4.69) is 21.2 Å². The Balaban J connectivity index is 1.70. The van der Waals surface area contributed by atoms with Gasteiger partial charge in [-0.05, 0) is 49.2 Å². The highest BCUT2D eigenvalue weighted by molar-refractivity contribution is 9.10. The summed E-state index contributed by atoms with van der Waals surface area (Å²) >= 11 is 3.35. The second kappa shape index (κ2) is 7.68. The Morgan fingerprint density at radius 1 is 1.08 bits per heavy atom. The highest BCUT2D eigenvalue weighted by Crippen LogP contribution is 2.25. The Kier molecular flexibility index (Phi) is 5.56. The molecule has 1 atom stereocenters. The van der Waals surface area contributed by atoms with E-state index in [1.807, 2.05) is 24.3 Å². The van der Waals surface area contributed by atoms with Crippen LogP contribution >= 0.6 is 15.9 Å². The Morgan fingerprint density at radius 3 is 2.44 bits per heavy atom. The molecule has 1 fully saturated rings. The molecule has 132 valence electrons. The van der Waals surface area contributed by atoms with Gasteiger partial charge in [-0.25, -0.2) is 8.42 Å². The quantitative estimate of drug-likeness (QED) is 0.819. The second-order valence-electron chi connectivity index (χ2n) is 6.01. The number of amides is 1. The first kappa shape index (κ1) is 18.1. The topological polar surface area (TPSA) is 66.5 Å². The van der Waals surface area contributed by atoms with Crippen LogP contribution in [0.15, 0.2) is 64.0 Å². The minimum atomic E-state index is -3.56. The number of benzene rings is 2. The van der Waals surface area contributed by atoms with Gasteiger partial charge in [-0.3, -0.25) is 4.79 Å². The van der Waals surface area contributed by atoms with Crippen LogP contribution in [0.1, 0.15) is 12.8 Å². The Bertz CT molecular complexity index is 838. The fourth-order valence-corrected chi connectivity index (χ4v) is 4.70. The van der Waals surface area contributed by atoms with E-state index < -0.39 is 10.0 Å². The molecule has 0 saturated carbocycles. The molecule has 3 rings (SSSR count). The summed E-state index contributed by atoms with van der Waals surface area (Å²) < 4.78 is 27.8. The first-order valence-electron chi connectivity index (χ1n) is 8.08. The van der Waals surface area contributed by atoms with E-state index in [9.17, 15) is 13.2 Å². The van der Waals surface area contributed by atoms with Crippen molar-refractivity contribution in [2.24, 2.45) is 5.92 Å². The van der Waals surface area contributed by atoms with E-state index in [-0.39, 0.29) is 23.3 Å². The largest absolute Gasteiger partial charge is 0.326 e. The predicted octanol–water partition coefficient (Wildman–Crippen LogP) is 3.49. The van der Waals surface area contributed by atoms with Crippen molar-refractivity contribution in [3.63, 3.8) is 0 Å². The molecule has 1 aliphatic rings. The number of rotatable bonds is 4. The van der Waals surface area contributed by atoms with E-state index in [4.69, 9.17) is 0 Å². The number of carbonyl (C=O) groups is 1. The summed E-state index contributed by atoms with van der Waals surface area (Å²) in [6.07, 6.45) is 1.35. The number of hydrogen-bond acceptors (Lipinski definition) is 3. The molecule has 1 amide bonds. The molecule has 0 radical (unpaired) electrons. The zero-order valence-corrected chi connectivity index (χ0v) is 16.0. The number of carbonyl (C=O) groups excluding carboxylic acids is 1. The molecule has 0 aliphatic carbocycles. The molecule has 5 nitrogen and oxygen atoms in total. The van der Waals surface area contributed by atoms with Crippen molar-refractivity contribution >= 4 is 37.5 Å². The van der Waals surface area contributed by atoms with E-state index in [1.54, 1.807) is 30.3 Å². The fraction of sp³-hybridized carbons (Fsp3) is 0.278. The van der Waals surface area contributed by atoms with Crippen LogP contribution in [0.3, 0.4) is 0 Å². The summed E-state index contributed by atoms with van der Waals surface area (Å²) in [5, 5.41) is 2.87. The molecule has 2 aromatic rings. The minimum absolute atomic E-state index is 0.143. The van der Waals surface area contributed by atoms with Crippen LogP contribution in [-0.2, 0) is 14.8 Å². The highest BCUT2D eigenvalue weighted by Gasteiger charge is 2.33. The van der Waals surface area contributed by atoms with Crippen LogP contribution in [0.2, 0.25) is 0 Å². The number of hydrogen-bond donors (Lipinski definition) is 1. The van der Waals surface area contributed by atoms with E-state index in [0.717, 1.165) is 4.47 Å². The Labute approximate surface area is 156 Å². The molecular weight excluding hydrogens is 404 g/mol. The van der Waals surface area contributed by atoms with Crippen LogP contribution in [0.25, 0.3) is 0 Å². The highest BCUT2D eigenvalue weighted by atomic mass is 79.9. The zero-order chi connectivity index (χ0) is 17.9. The average Bonchev–Trinajstić information content (AvgIpc) is 2.64. The summed E-state index contributed by atoms with van der Waals surface area (Å²) in [5.74, 6) is -0.494. The third kappa shape index (κ3) is 4.29. The number of anilines is 1. The molecular formula is C18H19BrN2O3S. The minimum Gasteiger partial charge on any atom is -0.326 e. The third-order valence-corrected chi connectivity index (χ3v) is 6.66. The Morgan fingerprint density at radius 2 is 1.76 bits per heavy atom. The number of nitrogens with zero attached hydrogens (tertiary/aromatic N) is 1. The number of nitrogens with one attached hydrogen (secondary N) is 1. The third-order valence-electron chi connectivity index (χ3n) is 4.25. The standard InChI is InChI=1S/C18H19BrN2O3S/c19-15-8-10-16(11-9-15)20-18(22)14-5-4-12-21(13-14)25(23,24)17-6-2-1-3-7-17/h1-3,6-11,14H,4-5,12-13H2,(H,20,22)/t14-/m1/s1. The van der Waals surface area contributed by atoms with Gasteiger partial charge in [0.15, 0.2) is 0 Å². The normalized spacial score (nSPS) is 18.7. The van der Waals surface area contributed by atoms with Crippen LogP contribution in [-0.4, -0.2) is 31.7 Å². The van der Waals surface area contributed by atoms with Gasteiger partial charge in [0.05, 0.1) is 10.8 Å². The van der Waals surface area contributed by atoms with Crippen LogP contribution < -0.4 is 5.32 Å². The molecule has 1 heterocycles. The van der Waals surface area contributed by atoms with Gasteiger partial charge in [0.25, 0.3) is 0 Å². The molecule has 7 heteroatoms. The van der Waals surface area contributed by atoms with Gasteiger partial charge >= 0.3 is 0 Å². The zero-order valence-electron chi connectivity index (χ0n) is 13.6. The van der Waals surface area contributed by atoms with Gasteiger partial charge in [0.1, 0.15) is 0 Å². The van der Waals surface area contributed by atoms with Crippen molar-refractivity contribution in [2.75, 3.05) is 18.4 Å². The molecule has 1 saturated heterocycles. The van der Waals surface area contributed by atoms with Crippen molar-refractivity contribution in [1.82, 2.24) is 4.31 Å². The summed E-state index contributed by atoms with van der Waals surface area (Å²) in [5.41, 5.74) is 0.705. The average molecular weight is 423 g/mol. The van der Waals surface area contributed by atoms with Gasteiger partial charge < -0.3 is 5.32 Å². The van der Waals surface area contributed by atoms with Gasteiger partial charge in [0, 0.05) is 23.2 Å². The van der Waals surface area contributed by atoms with Crippen molar-refractivity contribution in [2.45, 2.75) is 17.7 Å². The summed E-state index contributed by atoms with van der Waals surface area (Å²) in [7, 11) is -3.56. The maximum atomic E-state index is 12.7. The molecule has 1 aliphatic heterocycles. The van der Waals surface area contributed by atoms with E-state index >= 15 is 0 Å². The van der Waals surface area contributed by atoms with Crippen molar-refractivity contribution < 1.29 is 13.2 Å². The predicted molar refractivity (Wildman–Crippen MR) is 101 cm³/mol. The van der Waals surface area contributed by atoms with Gasteiger partial charge in [-0.15, -0.1) is 0 Å². The van der Waals surface area contributed by atoms with Crippen molar-refractivity contribution in [3.05, 3.63) is 59.1 Å². The molecule has 2 aromatic carbocycles. The lowest BCUT2D eigenvalue weighted by Crippen LogP contribution is -2.43. The van der Waals surface area contributed by atoms with Gasteiger partial charge in [-0.2, -0.15) is 4.31 Å². The number of piperidine rings is 1. The fourth-order valence-electron chi connectivity index (χ4n) is 2.89. The SMILES string of the molecule is O=C(Nc1ccc(Br)cc1)[C@@H]1CCCN(S(=O)(=O)c2ccccc2)C1. The molecule has 1 N–H and O–H groups in total. The second-order valence-corrected chi connectivity index (χ2v) is 8.87. The van der Waals surface area contributed by atoms with E-state index in [0.29, 0.717) is 25.1 Å². The van der Waals surface area contributed by atoms with Crippen LogP contribution in [0.4, 0.5) is 5.69 Å². The first-order valence-corrected chi connectivity index (χ1v) is 10.3. The van der Waals surface area contributed by atoms with Crippen LogP contribution in [0.5, 0.6) is 0 Å². The molecule has 0 aromatic heterocycles. The monoisotopic (exact) mass is 422 g/mol. The van der Waals surface area contributed by atoms with Crippen molar-refractivity contribution in [1.29, 1.82) is 0 Å². The summed E-state index contributed by atoms with van der Waals surface area (Å²) in [4.78, 5) is 12.8. The van der Waals surface area contributed by atoms with E-state index in [1.165, 1.54) is 4.31 Å². The lowest BCUT2D eigenvalue weighted by molar-refractivity contribution is -0.120. The molecule has 25 heavy (non-hydrogen) atoms. The lowest BCUT2D eigenvalue weighted by atomic mass is 9.99. The maximum absolute atomic E-state index is 12.7.